The van der Waals surface area contributed by atoms with Gasteiger partial charge in [-0.1, -0.05) is 60.7 Å². The van der Waals surface area contributed by atoms with Crippen LogP contribution < -0.4 is 5.32 Å². The van der Waals surface area contributed by atoms with Crippen molar-refractivity contribution >= 4 is 23.2 Å². The Labute approximate surface area is 193 Å². The number of amides is 2. The summed E-state index contributed by atoms with van der Waals surface area (Å²) >= 11 is 1.46. The Morgan fingerprint density at radius 2 is 1.69 bits per heavy atom. The molecule has 2 amide bonds. The van der Waals surface area contributed by atoms with Gasteiger partial charge >= 0.3 is 0 Å². The quantitative estimate of drug-likeness (QED) is 0.562. The van der Waals surface area contributed by atoms with Gasteiger partial charge in [0.1, 0.15) is 9.88 Å². The van der Waals surface area contributed by atoms with E-state index < -0.39 is 0 Å². The van der Waals surface area contributed by atoms with E-state index in [0.29, 0.717) is 25.4 Å². The van der Waals surface area contributed by atoms with E-state index in [1.54, 1.807) is 0 Å². The molecule has 1 aromatic heterocycles. The number of hydrogen-bond donors (Lipinski definition) is 1. The van der Waals surface area contributed by atoms with Crippen molar-refractivity contribution in [2.24, 2.45) is 5.92 Å². The number of hydrogen-bond acceptors (Lipinski definition) is 4. The van der Waals surface area contributed by atoms with Gasteiger partial charge in [0.05, 0.1) is 11.7 Å². The van der Waals surface area contributed by atoms with Crippen LogP contribution in [0, 0.1) is 12.8 Å². The van der Waals surface area contributed by atoms with E-state index in [0.717, 1.165) is 39.5 Å². The van der Waals surface area contributed by atoms with Gasteiger partial charge in [0.2, 0.25) is 5.91 Å². The average Bonchev–Trinajstić information content (AvgIpc) is 3.21. The van der Waals surface area contributed by atoms with Crippen LogP contribution in [0.1, 0.15) is 53.2 Å². The third-order valence-electron chi connectivity index (χ3n) is 6.06. The van der Waals surface area contributed by atoms with E-state index >= 15 is 0 Å². The Balaban J connectivity index is 1.29. The normalized spacial score (nSPS) is 15.4. The minimum atomic E-state index is -0.00141. The smallest absolute Gasteiger partial charge is 0.265 e. The number of aromatic nitrogens is 1. The van der Waals surface area contributed by atoms with Crippen LogP contribution in [0.25, 0.3) is 10.6 Å². The van der Waals surface area contributed by atoms with Crippen LogP contribution in [0.4, 0.5) is 0 Å². The van der Waals surface area contributed by atoms with Gasteiger partial charge in [-0.3, -0.25) is 9.59 Å². The molecule has 0 saturated carbocycles. The first kappa shape index (κ1) is 22.2. The van der Waals surface area contributed by atoms with Gasteiger partial charge in [0.15, 0.2) is 0 Å². The molecular weight excluding hydrogens is 418 g/mol. The van der Waals surface area contributed by atoms with Crippen molar-refractivity contribution in [3.8, 4) is 10.6 Å². The van der Waals surface area contributed by atoms with E-state index in [1.807, 2.05) is 79.4 Å². The lowest BCUT2D eigenvalue weighted by atomic mass is 9.93. The van der Waals surface area contributed by atoms with Crippen LogP contribution in [0.3, 0.4) is 0 Å². The van der Waals surface area contributed by atoms with Gasteiger partial charge < -0.3 is 10.2 Å². The van der Waals surface area contributed by atoms with Crippen LogP contribution in [0.2, 0.25) is 0 Å². The number of likely N-dealkylation sites (tertiary alicyclic amines) is 1. The molecule has 1 atom stereocenters. The summed E-state index contributed by atoms with van der Waals surface area (Å²) in [7, 11) is 0. The standard InChI is InChI=1S/C26H29N3O2S/c1-18(21-9-5-3-6-10-21)27-23(30)17-20-13-15-29(16-14-20)26(31)24-19(2)28-25(32-24)22-11-7-4-8-12-22/h3-12,18,20H,13-17H2,1-2H3,(H,27,30)/t18-/m0/s1. The van der Waals surface area contributed by atoms with E-state index in [2.05, 4.69) is 10.3 Å². The molecule has 5 nitrogen and oxygen atoms in total. The zero-order valence-electron chi connectivity index (χ0n) is 18.6. The summed E-state index contributed by atoms with van der Waals surface area (Å²) in [4.78, 5) is 32.9. The fraction of sp³-hybridized carbons (Fsp3) is 0.346. The second-order valence-corrected chi connectivity index (χ2v) is 9.44. The van der Waals surface area contributed by atoms with Crippen LogP contribution in [-0.2, 0) is 4.79 Å². The number of nitrogens with zero attached hydrogens (tertiary/aromatic N) is 2. The number of benzene rings is 2. The minimum Gasteiger partial charge on any atom is -0.350 e. The molecule has 0 unspecified atom stereocenters. The highest BCUT2D eigenvalue weighted by atomic mass is 32.1. The van der Waals surface area contributed by atoms with Crippen LogP contribution in [-0.4, -0.2) is 34.8 Å². The number of aryl methyl sites for hydroxylation is 1. The van der Waals surface area contributed by atoms with Crippen molar-refractivity contribution in [2.75, 3.05) is 13.1 Å². The molecule has 3 aromatic rings. The van der Waals surface area contributed by atoms with Crippen molar-refractivity contribution in [3.63, 3.8) is 0 Å². The summed E-state index contributed by atoms with van der Waals surface area (Å²) in [5.41, 5.74) is 2.93. The molecule has 166 valence electrons. The Morgan fingerprint density at radius 3 is 2.34 bits per heavy atom. The Hall–Kier alpha value is -2.99. The van der Waals surface area contributed by atoms with Gasteiger partial charge in [0.25, 0.3) is 5.91 Å². The monoisotopic (exact) mass is 447 g/mol. The summed E-state index contributed by atoms with van der Waals surface area (Å²) in [5, 5.41) is 3.98. The lowest BCUT2D eigenvalue weighted by Gasteiger charge is -2.31. The van der Waals surface area contributed by atoms with E-state index in [-0.39, 0.29) is 17.9 Å². The molecule has 6 heteroatoms. The Kier molecular flexibility index (Phi) is 7.00. The highest BCUT2D eigenvalue weighted by molar-refractivity contribution is 7.17. The number of carbonyl (C=O) groups excluding carboxylic acids is 2. The van der Waals surface area contributed by atoms with Crippen molar-refractivity contribution in [2.45, 2.75) is 39.2 Å². The summed E-state index contributed by atoms with van der Waals surface area (Å²) in [5.74, 6) is 0.448. The van der Waals surface area contributed by atoms with Crippen LogP contribution >= 0.6 is 11.3 Å². The van der Waals surface area contributed by atoms with Gasteiger partial charge in [0, 0.05) is 25.1 Å². The van der Waals surface area contributed by atoms with Crippen molar-refractivity contribution in [3.05, 3.63) is 76.8 Å². The largest absolute Gasteiger partial charge is 0.350 e. The molecule has 1 fully saturated rings. The number of nitrogens with one attached hydrogen (secondary N) is 1. The number of thiazole rings is 1. The highest BCUT2D eigenvalue weighted by Crippen LogP contribution is 2.30. The predicted octanol–water partition coefficient (Wildman–Crippen LogP) is 5.24. The topological polar surface area (TPSA) is 62.3 Å². The molecule has 2 aromatic carbocycles. The van der Waals surface area contributed by atoms with Crippen molar-refractivity contribution in [1.82, 2.24) is 15.2 Å². The third kappa shape index (κ3) is 5.25. The molecule has 0 radical (unpaired) electrons. The maximum Gasteiger partial charge on any atom is 0.265 e. The summed E-state index contributed by atoms with van der Waals surface area (Å²) in [6.45, 7) is 5.28. The SMILES string of the molecule is Cc1nc(-c2ccccc2)sc1C(=O)N1CCC(CC(=O)N[C@@H](C)c2ccccc2)CC1. The summed E-state index contributed by atoms with van der Waals surface area (Å²) < 4.78 is 0. The molecule has 1 saturated heterocycles. The second-order valence-electron chi connectivity index (χ2n) is 8.44. The molecule has 0 aliphatic carbocycles. The number of carbonyl (C=O) groups is 2. The fourth-order valence-corrected chi connectivity index (χ4v) is 5.21. The minimum absolute atomic E-state index is 0.00141. The molecule has 4 rings (SSSR count). The molecule has 1 aliphatic heterocycles. The Morgan fingerprint density at radius 1 is 1.06 bits per heavy atom. The van der Waals surface area contributed by atoms with Crippen molar-refractivity contribution in [1.29, 1.82) is 0 Å². The average molecular weight is 448 g/mol. The Bertz CT molecular complexity index is 1060. The lowest BCUT2D eigenvalue weighted by molar-refractivity contribution is -0.122. The first-order valence-corrected chi connectivity index (χ1v) is 12.0. The summed E-state index contributed by atoms with van der Waals surface area (Å²) in [6, 6.07) is 20.0. The van der Waals surface area contributed by atoms with Gasteiger partial charge in [-0.2, -0.15) is 0 Å². The van der Waals surface area contributed by atoms with Crippen LogP contribution in [0.15, 0.2) is 60.7 Å². The van der Waals surface area contributed by atoms with Crippen molar-refractivity contribution < 1.29 is 9.59 Å². The maximum absolute atomic E-state index is 13.1. The zero-order valence-corrected chi connectivity index (χ0v) is 19.4. The second kappa shape index (κ2) is 10.1. The van der Waals surface area contributed by atoms with Gasteiger partial charge in [-0.15, -0.1) is 11.3 Å². The molecule has 2 heterocycles. The van der Waals surface area contributed by atoms with E-state index in [1.165, 1.54) is 11.3 Å². The maximum atomic E-state index is 13.1. The van der Waals surface area contributed by atoms with E-state index in [4.69, 9.17) is 0 Å². The molecular formula is C26H29N3O2S. The lowest BCUT2D eigenvalue weighted by Crippen LogP contribution is -2.39. The molecule has 1 N–H and O–H groups in total. The van der Waals surface area contributed by atoms with Crippen LogP contribution in [0.5, 0.6) is 0 Å². The summed E-state index contributed by atoms with van der Waals surface area (Å²) in [6.07, 6.45) is 2.21. The zero-order chi connectivity index (χ0) is 22.5. The molecule has 0 spiro atoms. The van der Waals surface area contributed by atoms with Gasteiger partial charge in [-0.25, -0.2) is 4.98 Å². The van der Waals surface area contributed by atoms with E-state index in [9.17, 15) is 9.59 Å². The highest BCUT2D eigenvalue weighted by Gasteiger charge is 2.28. The third-order valence-corrected chi connectivity index (χ3v) is 7.26. The fourth-order valence-electron chi connectivity index (χ4n) is 4.17. The first-order valence-electron chi connectivity index (χ1n) is 11.2. The predicted molar refractivity (Wildman–Crippen MR) is 129 cm³/mol. The number of rotatable bonds is 6. The molecule has 0 bridgehead atoms. The van der Waals surface area contributed by atoms with Gasteiger partial charge in [-0.05, 0) is 38.2 Å². The molecule has 32 heavy (non-hydrogen) atoms. The first-order chi connectivity index (χ1) is 15.5. The number of piperidine rings is 1. The molecule has 1 aliphatic rings.